The van der Waals surface area contributed by atoms with Gasteiger partial charge >= 0.3 is 12.1 Å². The quantitative estimate of drug-likeness (QED) is 0.290. The summed E-state index contributed by atoms with van der Waals surface area (Å²) in [6, 6.07) is 9.12. The maximum Gasteiger partial charge on any atom is 0.416 e. The molecule has 0 spiro atoms. The molecule has 9 heteroatoms. The van der Waals surface area contributed by atoms with Gasteiger partial charge < -0.3 is 20.9 Å². The molecule has 0 bridgehead atoms. The van der Waals surface area contributed by atoms with Crippen molar-refractivity contribution in [2.45, 2.75) is 32.1 Å². The number of nitrogens with one attached hydrogen (secondary N) is 3. The van der Waals surface area contributed by atoms with Gasteiger partial charge in [-0.05, 0) is 65.4 Å². The molecule has 0 saturated heterocycles. The molecule has 2 aromatic carbocycles. The first-order valence-corrected chi connectivity index (χ1v) is 11.8. The predicted molar refractivity (Wildman–Crippen MR) is 144 cm³/mol. The molecular formula is C29H30F3N3O3. The molecule has 6 nitrogen and oxygen atoms in total. The number of aliphatic hydroxyl groups excluding tert-OH is 1. The summed E-state index contributed by atoms with van der Waals surface area (Å²) < 4.78 is 41.2. The van der Waals surface area contributed by atoms with E-state index in [0.717, 1.165) is 33.9 Å². The Labute approximate surface area is 219 Å². The van der Waals surface area contributed by atoms with Crippen molar-refractivity contribution in [2.24, 2.45) is 0 Å². The van der Waals surface area contributed by atoms with Crippen molar-refractivity contribution in [3.05, 3.63) is 99.8 Å². The van der Waals surface area contributed by atoms with Crippen LogP contribution in [0.1, 0.15) is 40.3 Å². The van der Waals surface area contributed by atoms with Gasteiger partial charge in [0.15, 0.2) is 0 Å². The Hall–Kier alpha value is -3.95. The highest BCUT2D eigenvalue weighted by Gasteiger charge is 2.34. The number of allylic oxidation sites excluding steroid dienone is 5. The van der Waals surface area contributed by atoms with E-state index in [-0.39, 0.29) is 12.1 Å². The lowest BCUT2D eigenvalue weighted by Gasteiger charge is -2.24. The van der Waals surface area contributed by atoms with Gasteiger partial charge in [-0.3, -0.25) is 10.1 Å². The lowest BCUT2D eigenvalue weighted by Crippen LogP contribution is -2.52. The second kappa shape index (κ2) is 11.6. The molecule has 0 radical (unpaired) electrons. The zero-order valence-electron chi connectivity index (χ0n) is 21.3. The van der Waals surface area contributed by atoms with Crippen molar-refractivity contribution in [1.82, 2.24) is 10.6 Å². The zero-order valence-corrected chi connectivity index (χ0v) is 21.3. The van der Waals surface area contributed by atoms with Gasteiger partial charge in [0.2, 0.25) is 0 Å². The number of benzene rings is 2. The average molecular weight is 526 g/mol. The van der Waals surface area contributed by atoms with Gasteiger partial charge in [-0.25, -0.2) is 0 Å². The molecule has 1 aliphatic carbocycles. The molecule has 1 atom stereocenters. The third-order valence-electron chi connectivity index (χ3n) is 6.37. The van der Waals surface area contributed by atoms with E-state index < -0.39 is 29.9 Å². The maximum atomic E-state index is 13.7. The van der Waals surface area contributed by atoms with Crippen LogP contribution in [0.5, 0.6) is 0 Å². The molecular weight excluding hydrogens is 495 g/mol. The summed E-state index contributed by atoms with van der Waals surface area (Å²) in [5, 5.41) is 32.6. The number of aliphatic hydroxyl groups is 1. The SMILES string of the molecule is CN/C=C1/C=CC(c2cccc(/C=C/c3cc(CNC(C)(CO)C(=O)O)ccc3C(F)(F)F)c2C)=CC1=N. The molecule has 0 aromatic heterocycles. The molecule has 3 rings (SSSR count). The van der Waals surface area contributed by atoms with Crippen LogP contribution in [0.2, 0.25) is 0 Å². The third-order valence-corrected chi connectivity index (χ3v) is 6.37. The normalized spacial score (nSPS) is 16.6. The Bertz CT molecular complexity index is 1360. The monoisotopic (exact) mass is 525 g/mol. The Morgan fingerprint density at radius 2 is 1.82 bits per heavy atom. The molecule has 0 fully saturated rings. The summed E-state index contributed by atoms with van der Waals surface area (Å²) in [5.74, 6) is -1.27. The Kier molecular flexibility index (Phi) is 8.75. The van der Waals surface area contributed by atoms with Crippen LogP contribution in [-0.4, -0.2) is 41.1 Å². The van der Waals surface area contributed by atoms with Gasteiger partial charge in [-0.2, -0.15) is 13.2 Å². The second-order valence-corrected chi connectivity index (χ2v) is 9.16. The van der Waals surface area contributed by atoms with Crippen LogP contribution in [0.25, 0.3) is 17.7 Å². The largest absolute Gasteiger partial charge is 0.480 e. The summed E-state index contributed by atoms with van der Waals surface area (Å²) in [6.07, 6.45) is 5.62. The molecule has 0 aliphatic heterocycles. The highest BCUT2D eigenvalue weighted by atomic mass is 19.4. The fourth-order valence-electron chi connectivity index (χ4n) is 3.95. The van der Waals surface area contributed by atoms with E-state index in [1.807, 2.05) is 31.2 Å². The van der Waals surface area contributed by atoms with Crippen LogP contribution in [0, 0.1) is 12.3 Å². The maximum absolute atomic E-state index is 13.7. The van der Waals surface area contributed by atoms with E-state index >= 15 is 0 Å². The van der Waals surface area contributed by atoms with Gasteiger partial charge in [0.05, 0.1) is 17.9 Å². The number of carboxylic acid groups (broad SMARTS) is 1. The molecule has 200 valence electrons. The van der Waals surface area contributed by atoms with Crippen molar-refractivity contribution in [3.8, 4) is 0 Å². The molecule has 2 aromatic rings. The van der Waals surface area contributed by atoms with E-state index in [4.69, 9.17) is 5.41 Å². The first-order chi connectivity index (χ1) is 17.9. The molecule has 1 unspecified atom stereocenters. The van der Waals surface area contributed by atoms with E-state index in [1.165, 1.54) is 25.1 Å². The number of hydrogen-bond acceptors (Lipinski definition) is 5. The summed E-state index contributed by atoms with van der Waals surface area (Å²) in [7, 11) is 1.76. The molecule has 5 N–H and O–H groups in total. The third kappa shape index (κ3) is 6.48. The lowest BCUT2D eigenvalue weighted by atomic mass is 9.91. The molecule has 1 aliphatic rings. The van der Waals surface area contributed by atoms with Crippen molar-refractivity contribution in [2.75, 3.05) is 13.7 Å². The number of carbonyl (C=O) groups is 1. The standard InChI is InChI=1S/C29H30F3N3O3/c1-18-20(5-4-6-24(18)21-9-11-23(16-34-3)26(33)14-21)8-10-22-13-19(7-12-25(22)29(30,31)32)15-35-28(2,17-36)27(37)38/h4-14,16,33-36H,15,17H2,1-3H3,(H,37,38)/b10-8+,23-16-,33-26?. The number of carboxylic acids is 1. The molecule has 0 amide bonds. The molecule has 0 saturated carbocycles. The van der Waals surface area contributed by atoms with Gasteiger partial charge in [-0.15, -0.1) is 0 Å². The van der Waals surface area contributed by atoms with E-state index in [9.17, 15) is 28.2 Å². The van der Waals surface area contributed by atoms with Crippen LogP contribution >= 0.6 is 0 Å². The highest BCUT2D eigenvalue weighted by molar-refractivity contribution is 6.15. The van der Waals surface area contributed by atoms with E-state index in [0.29, 0.717) is 11.3 Å². The summed E-state index contributed by atoms with van der Waals surface area (Å²) in [4.78, 5) is 11.4. The van der Waals surface area contributed by atoms with Crippen LogP contribution in [0.4, 0.5) is 13.2 Å². The Morgan fingerprint density at radius 3 is 2.42 bits per heavy atom. The van der Waals surface area contributed by atoms with Crippen molar-refractivity contribution < 1.29 is 28.2 Å². The smallest absolute Gasteiger partial charge is 0.416 e. The zero-order chi connectivity index (χ0) is 28.1. The predicted octanol–water partition coefficient (Wildman–Crippen LogP) is 5.19. The number of aliphatic carboxylic acids is 1. The van der Waals surface area contributed by atoms with Gasteiger partial charge in [0.25, 0.3) is 0 Å². The lowest BCUT2D eigenvalue weighted by molar-refractivity contribution is -0.146. The summed E-state index contributed by atoms with van der Waals surface area (Å²) in [6.45, 7) is 2.45. The van der Waals surface area contributed by atoms with Gasteiger partial charge in [0.1, 0.15) is 5.54 Å². The topological polar surface area (TPSA) is 105 Å². The minimum atomic E-state index is -4.58. The van der Waals surface area contributed by atoms with E-state index in [2.05, 4.69) is 10.6 Å². The summed E-state index contributed by atoms with van der Waals surface area (Å²) in [5.41, 5.74) is 2.26. The minimum absolute atomic E-state index is 0.0483. The van der Waals surface area contributed by atoms with Crippen molar-refractivity contribution in [3.63, 3.8) is 0 Å². The number of halogens is 3. The van der Waals surface area contributed by atoms with Crippen LogP contribution in [0.3, 0.4) is 0 Å². The van der Waals surface area contributed by atoms with Crippen molar-refractivity contribution in [1.29, 1.82) is 5.41 Å². The van der Waals surface area contributed by atoms with Crippen LogP contribution in [0.15, 0.2) is 66.4 Å². The summed E-state index contributed by atoms with van der Waals surface area (Å²) >= 11 is 0. The van der Waals surface area contributed by atoms with Crippen LogP contribution in [-0.2, 0) is 17.5 Å². The minimum Gasteiger partial charge on any atom is -0.480 e. The Morgan fingerprint density at radius 1 is 1.11 bits per heavy atom. The van der Waals surface area contributed by atoms with E-state index in [1.54, 1.807) is 31.5 Å². The fourth-order valence-corrected chi connectivity index (χ4v) is 3.95. The average Bonchev–Trinajstić information content (AvgIpc) is 2.87. The first kappa shape index (κ1) is 28.6. The first-order valence-electron chi connectivity index (χ1n) is 11.8. The van der Waals surface area contributed by atoms with Crippen molar-refractivity contribution >= 4 is 29.4 Å². The number of alkyl halides is 3. The molecule has 38 heavy (non-hydrogen) atoms. The highest BCUT2D eigenvalue weighted by Crippen LogP contribution is 2.34. The van der Waals surface area contributed by atoms with Gasteiger partial charge in [-0.1, -0.05) is 48.6 Å². The van der Waals surface area contributed by atoms with Gasteiger partial charge in [0, 0.05) is 25.4 Å². The fraction of sp³-hybridized carbons (Fsp3) is 0.241. The second-order valence-electron chi connectivity index (χ2n) is 9.16. The molecule has 0 heterocycles. The number of hydrogen-bond donors (Lipinski definition) is 5. The number of rotatable bonds is 9. The van der Waals surface area contributed by atoms with Crippen LogP contribution < -0.4 is 10.6 Å². The Balaban J connectivity index is 1.95.